The third-order valence-corrected chi connectivity index (χ3v) is 0.480. The van der Waals surface area contributed by atoms with Crippen molar-refractivity contribution in [3.63, 3.8) is 0 Å². The molecule has 0 saturated heterocycles. The second kappa shape index (κ2) is 2.47. The van der Waals surface area contributed by atoms with E-state index in [4.69, 9.17) is 5.11 Å². The number of carbonyl (C=O) groups is 1. The average molecular weight is 101 g/mol. The normalized spacial score (nSPS) is 12.9. The van der Waals surface area contributed by atoms with Crippen LogP contribution in [0.15, 0.2) is 0 Å². The molecule has 0 heterocycles. The summed E-state index contributed by atoms with van der Waals surface area (Å²) in [5.41, 5.74) is 0. The molecule has 0 rings (SSSR count). The number of hydrogen-bond acceptors (Lipinski definition) is 3. The molecule has 0 aromatic carbocycles. The molecule has 1 N–H and O–H groups in total. The maximum absolute atomic E-state index is 9.84. The van der Waals surface area contributed by atoms with E-state index in [1.165, 1.54) is 6.92 Å². The van der Waals surface area contributed by atoms with E-state index in [0.29, 0.717) is 0 Å². The number of hydrogen-bond donors (Lipinski definition) is 1. The van der Waals surface area contributed by atoms with Gasteiger partial charge in [0.05, 0.1) is 0 Å². The zero-order valence-corrected chi connectivity index (χ0v) is 3.84. The number of rotatable bonds is 2. The fraction of sp³-hybridized carbons (Fsp3) is 0.500. The van der Waals surface area contributed by atoms with Gasteiger partial charge in [-0.2, -0.15) is 0 Å². The summed E-state index contributed by atoms with van der Waals surface area (Å²) in [4.78, 5) is 19.1. The van der Waals surface area contributed by atoms with E-state index in [0.717, 1.165) is 6.29 Å². The van der Waals surface area contributed by atoms with Crippen LogP contribution in [0.5, 0.6) is 0 Å². The fourth-order valence-corrected chi connectivity index (χ4v) is 0.0853. The van der Waals surface area contributed by atoms with E-state index >= 15 is 0 Å². The van der Waals surface area contributed by atoms with Gasteiger partial charge in [0.15, 0.2) is 0 Å². The van der Waals surface area contributed by atoms with Crippen LogP contribution < -0.4 is 0 Å². The van der Waals surface area contributed by atoms with Crippen LogP contribution in [0.25, 0.3) is 0 Å². The summed E-state index contributed by atoms with van der Waals surface area (Å²) >= 11 is 0. The smallest absolute Gasteiger partial charge is 0.275 e. The fourth-order valence-electron chi connectivity index (χ4n) is 0.0853. The number of aliphatic hydroxyl groups is 1. The molecule has 1 unspecified atom stereocenters. The number of Topliss-reactive ketones (excluding diaryl/α,β-unsaturated/α-hetero) is 1. The van der Waals surface area contributed by atoms with Crippen molar-refractivity contribution < 1.29 is 14.7 Å². The molecular formula is C4H5O3. The van der Waals surface area contributed by atoms with Gasteiger partial charge in [-0.25, -0.2) is 0 Å². The summed E-state index contributed by atoms with van der Waals surface area (Å²) < 4.78 is 0. The first-order chi connectivity index (χ1) is 3.18. The van der Waals surface area contributed by atoms with Crippen LogP contribution in [-0.4, -0.2) is 23.3 Å². The first-order valence-electron chi connectivity index (χ1n) is 1.78. The predicted octanol–water partition coefficient (Wildman–Crippen LogP) is -0.954. The van der Waals surface area contributed by atoms with Gasteiger partial charge in [-0.1, -0.05) is 0 Å². The summed E-state index contributed by atoms with van der Waals surface area (Å²) in [5.74, 6) is -0.903. The Balaban J connectivity index is 3.56. The summed E-state index contributed by atoms with van der Waals surface area (Å²) in [6.07, 6.45) is -0.171. The van der Waals surface area contributed by atoms with Gasteiger partial charge in [-0.05, 0) is 6.92 Å². The van der Waals surface area contributed by atoms with Crippen LogP contribution in [0.1, 0.15) is 6.92 Å². The summed E-state index contributed by atoms with van der Waals surface area (Å²) in [5, 5.41) is 8.21. The van der Waals surface area contributed by atoms with Crippen LogP contribution in [0.2, 0.25) is 0 Å². The van der Waals surface area contributed by atoms with Gasteiger partial charge < -0.3 is 5.11 Å². The van der Waals surface area contributed by atoms with Crippen LogP contribution in [0, 0.1) is 0 Å². The molecule has 0 aromatic rings. The first-order valence-corrected chi connectivity index (χ1v) is 1.78. The van der Waals surface area contributed by atoms with Crippen molar-refractivity contribution in [2.75, 3.05) is 0 Å². The third-order valence-electron chi connectivity index (χ3n) is 0.480. The summed E-state index contributed by atoms with van der Waals surface area (Å²) in [6, 6.07) is 0. The predicted molar refractivity (Wildman–Crippen MR) is 22.4 cm³/mol. The largest absolute Gasteiger partial charge is 0.385 e. The molecule has 0 bridgehead atoms. The quantitative estimate of drug-likeness (QED) is 0.456. The Kier molecular flexibility index (Phi) is 2.22. The molecule has 3 nitrogen and oxygen atoms in total. The summed E-state index contributed by atoms with van der Waals surface area (Å²) in [7, 11) is 0. The van der Waals surface area contributed by atoms with Gasteiger partial charge in [0.1, 0.15) is 6.10 Å². The van der Waals surface area contributed by atoms with Gasteiger partial charge in [0.25, 0.3) is 6.29 Å². The molecule has 0 fully saturated rings. The average Bonchev–Trinajstić information content (AvgIpc) is 1.65. The zero-order chi connectivity index (χ0) is 5.86. The number of aliphatic hydroxyl groups excluding tert-OH is 1. The van der Waals surface area contributed by atoms with Crippen LogP contribution >= 0.6 is 0 Å². The molecular weight excluding hydrogens is 96.0 g/mol. The first kappa shape index (κ1) is 6.30. The topological polar surface area (TPSA) is 54.4 Å². The summed E-state index contributed by atoms with van der Waals surface area (Å²) in [6.45, 7) is 1.22. The standard InChI is InChI=1S/C4H5O3/c1-3(6)4(7)2-5/h3,6H,1H3. The second-order valence-corrected chi connectivity index (χ2v) is 1.14. The highest BCUT2D eigenvalue weighted by Gasteiger charge is 2.05. The maximum Gasteiger partial charge on any atom is 0.275 e. The highest BCUT2D eigenvalue weighted by atomic mass is 16.3. The zero-order valence-electron chi connectivity index (χ0n) is 3.84. The molecule has 0 aliphatic carbocycles. The lowest BCUT2D eigenvalue weighted by molar-refractivity contribution is -0.119. The van der Waals surface area contributed by atoms with Crippen molar-refractivity contribution in [3.8, 4) is 0 Å². The Labute approximate surface area is 41.0 Å². The SMILES string of the molecule is CC(O)C(=O)[C]=O. The monoisotopic (exact) mass is 101 g/mol. The van der Waals surface area contributed by atoms with Crippen molar-refractivity contribution >= 4 is 12.1 Å². The van der Waals surface area contributed by atoms with Crippen LogP contribution in [0.4, 0.5) is 0 Å². The van der Waals surface area contributed by atoms with Gasteiger partial charge >= 0.3 is 0 Å². The molecule has 0 aliphatic heterocycles. The van der Waals surface area contributed by atoms with Crippen molar-refractivity contribution in [1.82, 2.24) is 0 Å². The molecule has 39 valence electrons. The molecule has 1 atom stereocenters. The maximum atomic E-state index is 9.84. The molecule has 0 amide bonds. The minimum absolute atomic E-state index is 0.903. The van der Waals surface area contributed by atoms with Crippen molar-refractivity contribution in [3.05, 3.63) is 0 Å². The number of ketones is 1. The Morgan fingerprint density at radius 3 is 2.29 bits per heavy atom. The molecule has 3 heteroatoms. The van der Waals surface area contributed by atoms with Crippen molar-refractivity contribution in [1.29, 1.82) is 0 Å². The molecule has 0 saturated carbocycles. The highest BCUT2D eigenvalue weighted by Crippen LogP contribution is 1.75. The Bertz CT molecular complexity index is 84.9. The van der Waals surface area contributed by atoms with Crippen molar-refractivity contribution in [2.24, 2.45) is 0 Å². The lowest BCUT2D eigenvalue weighted by atomic mass is 10.3. The molecule has 0 aliphatic rings. The highest BCUT2D eigenvalue weighted by molar-refractivity contribution is 6.27. The second-order valence-electron chi connectivity index (χ2n) is 1.14. The van der Waals surface area contributed by atoms with Gasteiger partial charge in [-0.3, -0.25) is 9.59 Å². The Morgan fingerprint density at radius 1 is 1.86 bits per heavy atom. The van der Waals surface area contributed by atoms with E-state index in [1.54, 1.807) is 0 Å². The Hall–Kier alpha value is -0.700. The van der Waals surface area contributed by atoms with E-state index < -0.39 is 11.9 Å². The lowest BCUT2D eigenvalue weighted by Crippen LogP contribution is -2.16. The van der Waals surface area contributed by atoms with E-state index in [9.17, 15) is 9.59 Å². The van der Waals surface area contributed by atoms with Gasteiger partial charge in [0, 0.05) is 0 Å². The Morgan fingerprint density at radius 2 is 2.29 bits per heavy atom. The number of carbonyl (C=O) groups excluding carboxylic acids is 2. The lowest BCUT2D eigenvalue weighted by Gasteiger charge is -1.88. The minimum atomic E-state index is -1.20. The molecule has 0 aromatic heterocycles. The third kappa shape index (κ3) is 2.05. The van der Waals surface area contributed by atoms with E-state index in [1.807, 2.05) is 0 Å². The minimum Gasteiger partial charge on any atom is -0.385 e. The van der Waals surface area contributed by atoms with E-state index in [-0.39, 0.29) is 0 Å². The van der Waals surface area contributed by atoms with Crippen LogP contribution in [-0.2, 0) is 9.59 Å². The van der Waals surface area contributed by atoms with Gasteiger partial charge in [-0.15, -0.1) is 0 Å². The van der Waals surface area contributed by atoms with Crippen molar-refractivity contribution in [2.45, 2.75) is 13.0 Å². The molecule has 7 heavy (non-hydrogen) atoms. The van der Waals surface area contributed by atoms with Crippen LogP contribution in [0.3, 0.4) is 0 Å². The molecule has 0 spiro atoms. The molecule has 1 radical (unpaired) electrons. The van der Waals surface area contributed by atoms with Gasteiger partial charge in [0.2, 0.25) is 5.78 Å². The van der Waals surface area contributed by atoms with E-state index in [2.05, 4.69) is 0 Å².